The van der Waals surface area contributed by atoms with Crippen molar-refractivity contribution in [3.05, 3.63) is 71.8 Å². The molecule has 0 aromatic heterocycles. The SMILES string of the molecule is O=C(NC1=N[C@H](c2ccccc2)CO1)c1ccccc1. The lowest BCUT2D eigenvalue weighted by Crippen LogP contribution is -2.30. The van der Waals surface area contributed by atoms with Crippen molar-refractivity contribution in [1.82, 2.24) is 5.32 Å². The molecule has 3 rings (SSSR count). The number of carbonyl (C=O) groups excluding carboxylic acids is 1. The van der Waals surface area contributed by atoms with E-state index in [2.05, 4.69) is 10.3 Å². The van der Waals surface area contributed by atoms with Crippen molar-refractivity contribution >= 4 is 11.9 Å². The van der Waals surface area contributed by atoms with Gasteiger partial charge in [-0.25, -0.2) is 4.99 Å². The summed E-state index contributed by atoms with van der Waals surface area (Å²) in [7, 11) is 0. The Labute approximate surface area is 117 Å². The minimum Gasteiger partial charge on any atom is -0.462 e. The van der Waals surface area contributed by atoms with Crippen molar-refractivity contribution in [3.63, 3.8) is 0 Å². The van der Waals surface area contributed by atoms with Gasteiger partial charge in [-0.3, -0.25) is 10.1 Å². The van der Waals surface area contributed by atoms with Gasteiger partial charge in [-0.2, -0.15) is 0 Å². The van der Waals surface area contributed by atoms with Crippen LogP contribution in [-0.4, -0.2) is 18.5 Å². The molecular formula is C16H14N2O2. The van der Waals surface area contributed by atoms with Gasteiger partial charge in [0.2, 0.25) is 0 Å². The van der Waals surface area contributed by atoms with E-state index in [4.69, 9.17) is 4.74 Å². The van der Waals surface area contributed by atoms with Gasteiger partial charge in [0.1, 0.15) is 12.6 Å². The first kappa shape index (κ1) is 12.4. The Kier molecular flexibility index (Phi) is 3.46. The van der Waals surface area contributed by atoms with Crippen LogP contribution in [0.4, 0.5) is 0 Å². The molecule has 0 spiro atoms. The maximum atomic E-state index is 12.0. The summed E-state index contributed by atoms with van der Waals surface area (Å²) >= 11 is 0. The first-order valence-electron chi connectivity index (χ1n) is 6.45. The summed E-state index contributed by atoms with van der Waals surface area (Å²) in [5.74, 6) is -0.210. The van der Waals surface area contributed by atoms with E-state index in [1.165, 1.54) is 0 Å². The minimum absolute atomic E-state index is 0.0535. The van der Waals surface area contributed by atoms with E-state index in [0.717, 1.165) is 5.56 Å². The number of benzene rings is 2. The molecular weight excluding hydrogens is 252 g/mol. The molecule has 1 aliphatic heterocycles. The van der Waals surface area contributed by atoms with Gasteiger partial charge in [-0.1, -0.05) is 48.5 Å². The number of carbonyl (C=O) groups is 1. The Hall–Kier alpha value is -2.62. The number of ether oxygens (including phenoxy) is 1. The third-order valence-corrected chi connectivity index (χ3v) is 3.09. The van der Waals surface area contributed by atoms with Crippen LogP contribution >= 0.6 is 0 Å². The zero-order valence-electron chi connectivity index (χ0n) is 10.8. The van der Waals surface area contributed by atoms with Crippen LogP contribution in [0.1, 0.15) is 22.0 Å². The topological polar surface area (TPSA) is 50.7 Å². The maximum absolute atomic E-state index is 12.0. The van der Waals surface area contributed by atoms with Gasteiger partial charge in [0.15, 0.2) is 0 Å². The van der Waals surface area contributed by atoms with E-state index in [9.17, 15) is 4.79 Å². The van der Waals surface area contributed by atoms with Crippen molar-refractivity contribution in [2.24, 2.45) is 4.99 Å². The Morgan fingerprint density at radius 2 is 1.70 bits per heavy atom. The Morgan fingerprint density at radius 3 is 2.40 bits per heavy atom. The van der Waals surface area contributed by atoms with E-state index in [1.54, 1.807) is 12.1 Å². The van der Waals surface area contributed by atoms with Gasteiger partial charge in [0, 0.05) is 5.56 Å². The molecule has 1 heterocycles. The smallest absolute Gasteiger partial charge is 0.292 e. The lowest BCUT2D eigenvalue weighted by Gasteiger charge is -2.03. The zero-order valence-corrected chi connectivity index (χ0v) is 10.8. The fraction of sp³-hybridized carbons (Fsp3) is 0.125. The standard InChI is InChI=1S/C16H14N2O2/c19-15(13-9-5-2-6-10-13)18-16-17-14(11-20-16)12-7-3-1-4-8-12/h1-10,14H,11H2,(H,17,18,19)/t14-/m0/s1. The van der Waals surface area contributed by atoms with E-state index >= 15 is 0 Å². The van der Waals surface area contributed by atoms with Crippen LogP contribution in [0.5, 0.6) is 0 Å². The van der Waals surface area contributed by atoms with E-state index in [-0.39, 0.29) is 18.0 Å². The second kappa shape index (κ2) is 5.57. The van der Waals surface area contributed by atoms with Crippen LogP contribution in [0, 0.1) is 0 Å². The summed E-state index contributed by atoms with van der Waals surface area (Å²) in [6.45, 7) is 0.453. The molecule has 0 unspecified atom stereocenters. The van der Waals surface area contributed by atoms with Crippen LogP contribution in [0.3, 0.4) is 0 Å². The number of nitrogens with zero attached hydrogens (tertiary/aromatic N) is 1. The Morgan fingerprint density at radius 1 is 1.05 bits per heavy atom. The average Bonchev–Trinajstić information content (AvgIpc) is 2.97. The molecule has 1 N–H and O–H groups in total. The minimum atomic E-state index is -0.210. The average molecular weight is 266 g/mol. The van der Waals surface area contributed by atoms with Gasteiger partial charge < -0.3 is 4.74 Å². The van der Waals surface area contributed by atoms with Gasteiger partial charge in [0.25, 0.3) is 11.9 Å². The molecule has 0 fully saturated rings. The number of hydrogen-bond acceptors (Lipinski definition) is 3. The van der Waals surface area contributed by atoms with E-state index < -0.39 is 0 Å². The summed E-state index contributed by atoms with van der Waals surface area (Å²) in [6, 6.07) is 19.1. The number of aliphatic imine (C=N–C) groups is 1. The van der Waals surface area contributed by atoms with Crippen molar-refractivity contribution in [2.45, 2.75) is 6.04 Å². The summed E-state index contributed by atoms with van der Waals surface area (Å²) in [4.78, 5) is 16.4. The number of amides is 1. The molecule has 20 heavy (non-hydrogen) atoms. The van der Waals surface area contributed by atoms with Crippen LogP contribution in [0.15, 0.2) is 65.7 Å². The lowest BCUT2D eigenvalue weighted by atomic mass is 10.1. The molecule has 4 heteroatoms. The van der Waals surface area contributed by atoms with Gasteiger partial charge in [-0.15, -0.1) is 0 Å². The number of hydrogen-bond donors (Lipinski definition) is 1. The Bertz CT molecular complexity index is 623. The van der Waals surface area contributed by atoms with Crippen molar-refractivity contribution in [2.75, 3.05) is 6.61 Å². The molecule has 0 saturated heterocycles. The molecule has 4 nitrogen and oxygen atoms in total. The highest BCUT2D eigenvalue weighted by atomic mass is 16.5. The van der Waals surface area contributed by atoms with Crippen LogP contribution < -0.4 is 5.32 Å². The van der Waals surface area contributed by atoms with Crippen molar-refractivity contribution in [3.8, 4) is 0 Å². The summed E-state index contributed by atoms with van der Waals surface area (Å²) in [6.07, 6.45) is 0. The third kappa shape index (κ3) is 2.69. The molecule has 2 aromatic rings. The van der Waals surface area contributed by atoms with Gasteiger partial charge in [0.05, 0.1) is 0 Å². The van der Waals surface area contributed by atoms with E-state index in [0.29, 0.717) is 12.2 Å². The first-order chi connectivity index (χ1) is 9.83. The highest BCUT2D eigenvalue weighted by molar-refractivity contribution is 6.04. The predicted octanol–water partition coefficient (Wildman–Crippen LogP) is 2.54. The molecule has 0 aliphatic carbocycles. The molecule has 0 bridgehead atoms. The normalized spacial score (nSPS) is 17.2. The van der Waals surface area contributed by atoms with Gasteiger partial charge >= 0.3 is 0 Å². The molecule has 0 radical (unpaired) electrons. The maximum Gasteiger partial charge on any atom is 0.292 e. The summed E-state index contributed by atoms with van der Waals surface area (Å²) < 4.78 is 5.43. The lowest BCUT2D eigenvalue weighted by molar-refractivity contribution is 0.0968. The Balaban J connectivity index is 1.69. The molecule has 1 amide bonds. The molecule has 1 atom stereocenters. The summed E-state index contributed by atoms with van der Waals surface area (Å²) in [5, 5.41) is 2.68. The fourth-order valence-corrected chi connectivity index (χ4v) is 2.05. The third-order valence-electron chi connectivity index (χ3n) is 3.09. The van der Waals surface area contributed by atoms with Gasteiger partial charge in [-0.05, 0) is 17.7 Å². The second-order valence-electron chi connectivity index (χ2n) is 4.49. The number of rotatable bonds is 2. The zero-order chi connectivity index (χ0) is 13.8. The van der Waals surface area contributed by atoms with Crippen molar-refractivity contribution in [1.29, 1.82) is 0 Å². The molecule has 100 valence electrons. The monoisotopic (exact) mass is 266 g/mol. The van der Waals surface area contributed by atoms with E-state index in [1.807, 2.05) is 48.5 Å². The van der Waals surface area contributed by atoms with Crippen molar-refractivity contribution < 1.29 is 9.53 Å². The number of amidine groups is 1. The highest BCUT2D eigenvalue weighted by Crippen LogP contribution is 2.21. The molecule has 0 saturated carbocycles. The molecule has 1 aliphatic rings. The largest absolute Gasteiger partial charge is 0.462 e. The highest BCUT2D eigenvalue weighted by Gasteiger charge is 2.22. The quantitative estimate of drug-likeness (QED) is 0.908. The molecule has 2 aromatic carbocycles. The van der Waals surface area contributed by atoms with Crippen LogP contribution in [-0.2, 0) is 4.74 Å². The predicted molar refractivity (Wildman–Crippen MR) is 76.5 cm³/mol. The van der Waals surface area contributed by atoms with Crippen LogP contribution in [0.25, 0.3) is 0 Å². The first-order valence-corrected chi connectivity index (χ1v) is 6.45. The summed E-state index contributed by atoms with van der Waals surface area (Å²) in [5.41, 5.74) is 1.67. The van der Waals surface area contributed by atoms with Crippen LogP contribution in [0.2, 0.25) is 0 Å². The fourth-order valence-electron chi connectivity index (χ4n) is 2.05. The number of nitrogens with one attached hydrogen (secondary N) is 1. The second-order valence-corrected chi connectivity index (χ2v) is 4.49.